The number of fused-ring (bicyclic) bond motifs is 2. The molecule has 6 heterocycles. The van der Waals surface area contributed by atoms with E-state index in [-0.39, 0.29) is 17.7 Å². The Morgan fingerprint density at radius 3 is 2.44 bits per heavy atom. The molecule has 0 aliphatic carbocycles. The lowest BCUT2D eigenvalue weighted by atomic mass is 9.90. The van der Waals surface area contributed by atoms with E-state index in [0.29, 0.717) is 72.3 Å². The van der Waals surface area contributed by atoms with Crippen LogP contribution in [-0.4, -0.2) is 105 Å². The molecule has 3 aromatic carbocycles. The molecule has 4 N–H and O–H groups in total. The van der Waals surface area contributed by atoms with Gasteiger partial charge >= 0.3 is 0 Å². The minimum atomic E-state index is -3.45. The molecule has 2 aromatic heterocycles. The second kappa shape index (κ2) is 17.1. The van der Waals surface area contributed by atoms with Gasteiger partial charge in [-0.3, -0.25) is 24.1 Å². The van der Waals surface area contributed by atoms with Gasteiger partial charge in [-0.1, -0.05) is 24.3 Å². The Hall–Kier alpha value is -5.87. The molecule has 4 aliphatic heterocycles. The van der Waals surface area contributed by atoms with Crippen LogP contribution in [0.4, 0.5) is 40.2 Å². The number of aryl methyl sites for hydroxylation is 1. The minimum Gasteiger partial charge on any atom is -0.494 e. The number of hydrogen-bond donors (Lipinski definition) is 4. The third-order valence-corrected chi connectivity index (χ3v) is 14.4. The number of piperidine rings is 2. The molecule has 2 amide bonds. The van der Waals surface area contributed by atoms with Crippen molar-refractivity contribution in [1.82, 2.24) is 25.2 Å². The number of benzene rings is 3. The van der Waals surface area contributed by atoms with E-state index in [4.69, 9.17) is 14.7 Å². The molecule has 3 saturated heterocycles. The molecular formula is C46H56N10O5S. The Morgan fingerprint density at radius 1 is 0.887 bits per heavy atom. The Kier molecular flexibility index (Phi) is 11.5. The highest BCUT2D eigenvalue weighted by molar-refractivity contribution is 7.92. The lowest BCUT2D eigenvalue weighted by molar-refractivity contribution is -0.134. The number of anilines is 7. The number of H-pyrrole nitrogens is 1. The summed E-state index contributed by atoms with van der Waals surface area (Å²) in [5, 5.41) is 10.1. The SMILES string of the molecule is COc1cc(N2CCN(CCC3CCN(c4ccc(C5CCC(=O)NC5=O)cc4)CC3)[C@H](C)C2)c(C)cc1Nc1nc(Nc2cccc3c2N(S(C)(=O)=O)CC3)c2cc[nH]c2n1. The molecule has 5 aromatic rings. The largest absolute Gasteiger partial charge is 0.494 e. The standard InChI is InChI=1S/C46H56N10O5S/c1-29-26-38(49-46-51-43-36(14-19-47-43)44(52-46)48-37-7-5-6-33-18-23-56(42(33)37)62(4,59)60)40(61-3)27-39(29)55-25-24-53(30(2)28-55)20-15-31-16-21-54(22-17-31)34-10-8-32(9-11-34)35-12-13-41(57)50-45(35)58/h5-11,14,19,26-27,30-31,35H,12-13,15-18,20-25,28H2,1-4H3,(H,50,57,58)(H3,47,48,49,51,52)/t30-,35?/m1/s1. The number of nitrogens with zero attached hydrogens (tertiary/aromatic N) is 6. The number of aromatic nitrogens is 3. The first kappa shape index (κ1) is 41.5. The number of ether oxygens (including phenoxy) is 1. The number of hydrogen-bond acceptors (Lipinski definition) is 12. The summed E-state index contributed by atoms with van der Waals surface area (Å²) in [6, 6.07) is 20.6. The molecule has 0 radical (unpaired) electrons. The second-order valence-electron chi connectivity index (χ2n) is 17.3. The number of imide groups is 1. The molecule has 2 atom stereocenters. The van der Waals surface area contributed by atoms with Crippen LogP contribution in [0.3, 0.4) is 0 Å². The van der Waals surface area contributed by atoms with Gasteiger partial charge in [-0.2, -0.15) is 9.97 Å². The van der Waals surface area contributed by atoms with Crippen molar-refractivity contribution in [2.24, 2.45) is 5.92 Å². The molecule has 0 spiro atoms. The van der Waals surface area contributed by atoms with Crippen LogP contribution in [-0.2, 0) is 26.0 Å². The number of para-hydroxylation sites is 1. The molecule has 1 unspecified atom stereocenters. The van der Waals surface area contributed by atoms with E-state index in [1.807, 2.05) is 30.5 Å². The predicted molar refractivity (Wildman–Crippen MR) is 245 cm³/mol. The number of carbonyl (C=O) groups excluding carboxylic acids is 2. The molecule has 4 aliphatic rings. The van der Waals surface area contributed by atoms with Gasteiger partial charge in [-0.25, -0.2) is 8.42 Å². The maximum atomic E-state index is 12.7. The predicted octanol–water partition coefficient (Wildman–Crippen LogP) is 6.42. The van der Waals surface area contributed by atoms with Crippen molar-refractivity contribution in [3.63, 3.8) is 0 Å². The van der Waals surface area contributed by atoms with Crippen molar-refractivity contribution < 1.29 is 22.7 Å². The number of methoxy groups -OCH3 is 1. The summed E-state index contributed by atoms with van der Waals surface area (Å²) < 4.78 is 32.8. The van der Waals surface area contributed by atoms with E-state index < -0.39 is 10.0 Å². The highest BCUT2D eigenvalue weighted by Crippen LogP contribution is 2.40. The summed E-state index contributed by atoms with van der Waals surface area (Å²) in [4.78, 5) is 44.3. The van der Waals surface area contributed by atoms with Crippen LogP contribution in [0.1, 0.15) is 61.6 Å². The second-order valence-corrected chi connectivity index (χ2v) is 19.2. The van der Waals surface area contributed by atoms with Crippen molar-refractivity contribution in [2.45, 2.75) is 64.3 Å². The maximum absolute atomic E-state index is 12.7. The fourth-order valence-corrected chi connectivity index (χ4v) is 10.8. The monoisotopic (exact) mass is 860 g/mol. The molecule has 9 rings (SSSR count). The Labute approximate surface area is 363 Å². The van der Waals surface area contributed by atoms with Crippen LogP contribution >= 0.6 is 0 Å². The summed E-state index contributed by atoms with van der Waals surface area (Å²) in [5.74, 6) is 1.69. The smallest absolute Gasteiger partial charge is 0.234 e. The van der Waals surface area contributed by atoms with Crippen molar-refractivity contribution >= 4 is 73.1 Å². The van der Waals surface area contributed by atoms with Crippen LogP contribution in [0.5, 0.6) is 5.75 Å². The van der Waals surface area contributed by atoms with Gasteiger partial charge in [0, 0.05) is 75.4 Å². The molecule has 3 fully saturated rings. The van der Waals surface area contributed by atoms with Crippen molar-refractivity contribution in [3.05, 3.63) is 83.6 Å². The zero-order valence-corrected chi connectivity index (χ0v) is 36.7. The molecule has 62 heavy (non-hydrogen) atoms. The number of piperazine rings is 1. The number of carbonyl (C=O) groups is 2. The first-order valence-electron chi connectivity index (χ1n) is 21.8. The fourth-order valence-electron chi connectivity index (χ4n) is 9.78. The lowest BCUT2D eigenvalue weighted by Crippen LogP contribution is -2.52. The molecule has 15 nitrogen and oxygen atoms in total. The Morgan fingerprint density at radius 2 is 1.69 bits per heavy atom. The first-order valence-corrected chi connectivity index (χ1v) is 23.6. The maximum Gasteiger partial charge on any atom is 0.234 e. The van der Waals surface area contributed by atoms with Crippen LogP contribution in [0.25, 0.3) is 11.0 Å². The van der Waals surface area contributed by atoms with Gasteiger partial charge in [-0.05, 0) is 105 Å². The quantitative estimate of drug-likeness (QED) is 0.102. The highest BCUT2D eigenvalue weighted by atomic mass is 32.2. The van der Waals surface area contributed by atoms with Gasteiger partial charge < -0.3 is 30.2 Å². The van der Waals surface area contributed by atoms with Gasteiger partial charge in [0.15, 0.2) is 0 Å². The average Bonchev–Trinajstić information content (AvgIpc) is 3.93. The van der Waals surface area contributed by atoms with Crippen LogP contribution in [0.2, 0.25) is 0 Å². The van der Waals surface area contributed by atoms with E-state index in [2.05, 4.69) is 85.9 Å². The Balaban J connectivity index is 0.807. The molecule has 0 bridgehead atoms. The summed E-state index contributed by atoms with van der Waals surface area (Å²) in [6.07, 6.45) is 8.20. The lowest BCUT2D eigenvalue weighted by Gasteiger charge is -2.42. The highest BCUT2D eigenvalue weighted by Gasteiger charge is 2.31. The van der Waals surface area contributed by atoms with Gasteiger partial charge in [0.25, 0.3) is 0 Å². The zero-order chi connectivity index (χ0) is 43.1. The number of rotatable bonds is 12. The summed E-state index contributed by atoms with van der Waals surface area (Å²) in [6.45, 7) is 10.9. The summed E-state index contributed by atoms with van der Waals surface area (Å²) in [5.41, 5.74) is 8.11. The normalized spacial score (nSPS) is 20.1. The number of amides is 2. The zero-order valence-electron chi connectivity index (χ0n) is 35.9. The van der Waals surface area contributed by atoms with Crippen LogP contribution < -0.4 is 34.8 Å². The number of nitrogens with one attached hydrogen (secondary N) is 4. The summed E-state index contributed by atoms with van der Waals surface area (Å²) in [7, 11) is -1.78. The molecule has 16 heteroatoms. The number of aromatic amines is 1. The van der Waals surface area contributed by atoms with E-state index in [0.717, 1.165) is 72.7 Å². The fraction of sp³-hybridized carbons (Fsp3) is 0.435. The minimum absolute atomic E-state index is 0.181. The molecule has 326 valence electrons. The van der Waals surface area contributed by atoms with E-state index in [9.17, 15) is 18.0 Å². The first-order chi connectivity index (χ1) is 29.9. The van der Waals surface area contributed by atoms with Gasteiger partial charge in [-0.15, -0.1) is 0 Å². The number of sulfonamides is 1. The average molecular weight is 861 g/mol. The van der Waals surface area contributed by atoms with Gasteiger partial charge in [0.1, 0.15) is 17.2 Å². The third kappa shape index (κ3) is 8.49. The van der Waals surface area contributed by atoms with Crippen LogP contribution in [0, 0.1) is 12.8 Å². The van der Waals surface area contributed by atoms with E-state index in [1.54, 1.807) is 7.11 Å². The van der Waals surface area contributed by atoms with Crippen molar-refractivity contribution in [1.29, 1.82) is 0 Å². The van der Waals surface area contributed by atoms with Crippen molar-refractivity contribution in [2.75, 3.05) is 83.9 Å². The van der Waals surface area contributed by atoms with Gasteiger partial charge in [0.2, 0.25) is 27.8 Å². The van der Waals surface area contributed by atoms with Crippen molar-refractivity contribution in [3.8, 4) is 5.75 Å². The summed E-state index contributed by atoms with van der Waals surface area (Å²) >= 11 is 0. The molecular weight excluding hydrogens is 805 g/mol. The molecule has 0 saturated carbocycles. The topological polar surface area (TPSA) is 168 Å². The Bertz CT molecular complexity index is 2590. The van der Waals surface area contributed by atoms with Crippen LogP contribution in [0.15, 0.2) is 66.9 Å². The third-order valence-electron chi connectivity index (χ3n) is 13.2. The van der Waals surface area contributed by atoms with E-state index >= 15 is 0 Å². The van der Waals surface area contributed by atoms with Gasteiger partial charge in [0.05, 0.1) is 41.7 Å². The van der Waals surface area contributed by atoms with E-state index in [1.165, 1.54) is 35.5 Å².